The molecule has 2 aliphatic heterocycles. The van der Waals surface area contributed by atoms with E-state index in [0.717, 1.165) is 38.4 Å². The Morgan fingerprint density at radius 3 is 2.56 bits per heavy atom. The van der Waals surface area contributed by atoms with Gasteiger partial charge in [0, 0.05) is 6.04 Å². The van der Waals surface area contributed by atoms with E-state index < -0.39 is 41.3 Å². The fourth-order valence-corrected chi connectivity index (χ4v) is 5.58. The van der Waals surface area contributed by atoms with Crippen LogP contribution in [0.15, 0.2) is 0 Å². The quantitative estimate of drug-likeness (QED) is 0.193. The van der Waals surface area contributed by atoms with E-state index in [2.05, 4.69) is 16.0 Å². The second kappa shape index (κ2) is 12.5. The molecule has 10 heteroatoms. The number of hydrogen-bond donors (Lipinski definition) is 6. The lowest BCUT2D eigenvalue weighted by Gasteiger charge is -2.44. The number of aliphatic hydroxyl groups is 3. The monoisotopic (exact) mass is 493 g/mol. The first-order valence-corrected chi connectivity index (χ1v) is 13.7. The third-order valence-corrected chi connectivity index (χ3v) is 8.05. The summed E-state index contributed by atoms with van der Waals surface area (Å²) in [6.45, 7) is 3.59. The summed E-state index contributed by atoms with van der Waals surface area (Å²) < 4.78 is 5.84. The molecule has 9 atom stereocenters. The third-order valence-electron chi connectivity index (χ3n) is 6.92. The minimum atomic E-state index is -1.37. The van der Waals surface area contributed by atoms with E-state index in [-0.39, 0.29) is 11.9 Å². The van der Waals surface area contributed by atoms with Gasteiger partial charge in [-0.25, -0.2) is 0 Å². The molecular weight excluding hydrogens is 454 g/mol. The average Bonchev–Trinajstić information content (AvgIpc) is 3.61. The Hall–Kier alpha value is -0.130. The molecule has 3 fully saturated rings. The van der Waals surface area contributed by atoms with Crippen LogP contribution in [0.1, 0.15) is 51.9 Å². The van der Waals surface area contributed by atoms with Crippen LogP contribution in [-0.4, -0.2) is 93.9 Å². The van der Waals surface area contributed by atoms with Gasteiger partial charge in [-0.1, -0.05) is 0 Å². The van der Waals surface area contributed by atoms with Gasteiger partial charge in [-0.3, -0.25) is 4.79 Å². The van der Waals surface area contributed by atoms with E-state index >= 15 is 0 Å². The van der Waals surface area contributed by atoms with Gasteiger partial charge in [-0.15, -0.1) is 23.4 Å². The molecule has 0 aromatic rings. The number of hydrogen-bond acceptors (Lipinski definition) is 8. The minimum Gasteiger partial charge on any atom is -0.388 e. The SMILES string of the molecule is CSC1OC(C(NC(=O)C2CCC(CCCNC3CC3)CCN2)C(C)Cl)C(O)C(O)C1O. The normalized spacial score (nSPS) is 38.0. The predicted molar refractivity (Wildman–Crippen MR) is 127 cm³/mol. The fraction of sp³-hybridized carbons (Fsp3) is 0.955. The highest BCUT2D eigenvalue weighted by Gasteiger charge is 2.48. The molecule has 9 unspecified atom stereocenters. The van der Waals surface area contributed by atoms with Crippen LogP contribution in [0.5, 0.6) is 0 Å². The van der Waals surface area contributed by atoms with Crippen LogP contribution in [0, 0.1) is 5.92 Å². The van der Waals surface area contributed by atoms with Gasteiger partial charge in [0.1, 0.15) is 29.9 Å². The average molecular weight is 494 g/mol. The van der Waals surface area contributed by atoms with Crippen LogP contribution in [0.2, 0.25) is 0 Å². The van der Waals surface area contributed by atoms with Crippen molar-refractivity contribution in [2.75, 3.05) is 19.3 Å². The van der Waals surface area contributed by atoms with Crippen molar-refractivity contribution in [3.63, 3.8) is 0 Å². The van der Waals surface area contributed by atoms with Gasteiger partial charge in [0.2, 0.25) is 5.91 Å². The number of nitrogens with one attached hydrogen (secondary N) is 3. The Kier molecular flexibility index (Phi) is 10.4. The molecule has 0 spiro atoms. The topological polar surface area (TPSA) is 123 Å². The van der Waals surface area contributed by atoms with Crippen molar-refractivity contribution in [3.8, 4) is 0 Å². The first kappa shape index (κ1) is 26.5. The molecule has 6 N–H and O–H groups in total. The molecule has 186 valence electrons. The van der Waals surface area contributed by atoms with Gasteiger partial charge in [0.05, 0.1) is 17.5 Å². The second-order valence-corrected chi connectivity index (χ2v) is 11.1. The molecule has 2 saturated heterocycles. The molecule has 1 saturated carbocycles. The Labute approximate surface area is 200 Å². The lowest BCUT2D eigenvalue weighted by Crippen LogP contribution is -2.65. The van der Waals surface area contributed by atoms with E-state index in [4.69, 9.17) is 16.3 Å². The third kappa shape index (κ3) is 7.18. The molecule has 3 aliphatic rings. The zero-order valence-corrected chi connectivity index (χ0v) is 20.7. The zero-order chi connectivity index (χ0) is 23.3. The smallest absolute Gasteiger partial charge is 0.237 e. The van der Waals surface area contributed by atoms with Crippen molar-refractivity contribution >= 4 is 29.3 Å². The second-order valence-electron chi connectivity index (χ2n) is 9.50. The van der Waals surface area contributed by atoms with Crippen LogP contribution >= 0.6 is 23.4 Å². The highest BCUT2D eigenvalue weighted by molar-refractivity contribution is 7.99. The maximum atomic E-state index is 13.1. The van der Waals surface area contributed by atoms with Crippen LogP contribution in [0.4, 0.5) is 0 Å². The molecule has 3 rings (SSSR count). The van der Waals surface area contributed by atoms with E-state index in [1.54, 1.807) is 13.2 Å². The molecule has 8 nitrogen and oxygen atoms in total. The van der Waals surface area contributed by atoms with E-state index in [9.17, 15) is 20.1 Å². The summed E-state index contributed by atoms with van der Waals surface area (Å²) in [6, 6.07) is -0.279. The lowest BCUT2D eigenvalue weighted by molar-refractivity contribution is -0.205. The molecule has 0 bridgehead atoms. The number of ether oxygens (including phenoxy) is 1. The minimum absolute atomic E-state index is 0.171. The van der Waals surface area contributed by atoms with E-state index in [1.807, 2.05) is 0 Å². The van der Waals surface area contributed by atoms with Crippen LogP contribution < -0.4 is 16.0 Å². The Bertz CT molecular complexity index is 598. The number of aliphatic hydroxyl groups excluding tert-OH is 3. The summed E-state index contributed by atoms with van der Waals surface area (Å²) in [4.78, 5) is 13.1. The predicted octanol–water partition coefficient (Wildman–Crippen LogP) is 0.560. The molecule has 1 aliphatic carbocycles. The molecule has 0 aromatic heterocycles. The van der Waals surface area contributed by atoms with Crippen LogP contribution in [0.3, 0.4) is 0 Å². The fourth-order valence-electron chi connectivity index (χ4n) is 4.70. The summed E-state index contributed by atoms with van der Waals surface area (Å²) in [6.07, 6.45) is 4.69. The van der Waals surface area contributed by atoms with Gasteiger partial charge in [0.25, 0.3) is 0 Å². The largest absolute Gasteiger partial charge is 0.388 e. The molecule has 0 radical (unpaired) electrons. The van der Waals surface area contributed by atoms with E-state index in [1.165, 1.54) is 37.4 Å². The summed E-state index contributed by atoms with van der Waals surface area (Å²) in [5.74, 6) is 0.446. The highest BCUT2D eigenvalue weighted by atomic mass is 35.5. The van der Waals surface area contributed by atoms with Crippen molar-refractivity contribution in [1.82, 2.24) is 16.0 Å². The van der Waals surface area contributed by atoms with Gasteiger partial charge in [0.15, 0.2) is 0 Å². The number of amides is 1. The summed E-state index contributed by atoms with van der Waals surface area (Å²) in [5, 5.41) is 40.2. The number of rotatable bonds is 10. The van der Waals surface area contributed by atoms with Gasteiger partial charge < -0.3 is 36.0 Å². The number of thioether (sulfide) groups is 1. The van der Waals surface area contributed by atoms with Crippen LogP contribution in [-0.2, 0) is 9.53 Å². The van der Waals surface area contributed by atoms with Crippen molar-refractivity contribution in [2.24, 2.45) is 5.92 Å². The molecule has 1 amide bonds. The maximum absolute atomic E-state index is 13.1. The van der Waals surface area contributed by atoms with Gasteiger partial charge >= 0.3 is 0 Å². The number of alkyl halides is 1. The molecular formula is C22H40ClN3O5S. The Morgan fingerprint density at radius 1 is 1.16 bits per heavy atom. The van der Waals surface area contributed by atoms with Crippen molar-refractivity contribution in [1.29, 1.82) is 0 Å². The number of halogens is 1. The standard InChI is InChI=1S/C22H40ClN3O5S/c1-12(23)16(20-18(28)17(27)19(29)22(31-20)32-2)26-21(30)15-8-5-13(9-11-25-15)4-3-10-24-14-6-7-14/h12-20,22,24-25,27-29H,3-11H2,1-2H3,(H,26,30). The van der Waals surface area contributed by atoms with Crippen LogP contribution in [0.25, 0.3) is 0 Å². The first-order chi connectivity index (χ1) is 15.3. The van der Waals surface area contributed by atoms with Crippen molar-refractivity contribution in [2.45, 2.75) is 105 Å². The summed E-state index contributed by atoms with van der Waals surface area (Å²) >= 11 is 7.61. The van der Waals surface area contributed by atoms with Crippen molar-refractivity contribution < 1.29 is 24.9 Å². The molecule has 32 heavy (non-hydrogen) atoms. The van der Waals surface area contributed by atoms with Crippen molar-refractivity contribution in [3.05, 3.63) is 0 Å². The van der Waals surface area contributed by atoms with Gasteiger partial charge in [-0.05, 0) is 77.1 Å². The first-order valence-electron chi connectivity index (χ1n) is 12.0. The molecule has 2 heterocycles. The van der Waals surface area contributed by atoms with E-state index in [0.29, 0.717) is 5.92 Å². The zero-order valence-electron chi connectivity index (χ0n) is 19.1. The van der Waals surface area contributed by atoms with Gasteiger partial charge in [-0.2, -0.15) is 0 Å². The molecule has 0 aromatic carbocycles. The number of carbonyl (C=O) groups is 1. The lowest BCUT2D eigenvalue weighted by atomic mass is 9.92. The Morgan fingerprint density at radius 2 is 1.91 bits per heavy atom. The number of carbonyl (C=O) groups excluding carboxylic acids is 1. The highest BCUT2D eigenvalue weighted by Crippen LogP contribution is 2.30. The maximum Gasteiger partial charge on any atom is 0.237 e. The summed E-state index contributed by atoms with van der Waals surface area (Å²) in [7, 11) is 0. The summed E-state index contributed by atoms with van der Waals surface area (Å²) in [5.41, 5.74) is -0.709. The Balaban J connectivity index is 1.51.